The third kappa shape index (κ3) is 5.15. The van der Waals surface area contributed by atoms with E-state index in [1.165, 1.54) is 6.07 Å². The Morgan fingerprint density at radius 1 is 1.39 bits per heavy atom. The molecule has 1 N–H and O–H groups in total. The maximum Gasteiger partial charge on any atom is 0.348 e. The number of phenols is 1. The van der Waals surface area contributed by atoms with Crippen molar-refractivity contribution >= 4 is 50.8 Å². The Hall–Kier alpha value is -3.54. The molecular formula is C20H14BrN3O6S. The molecule has 0 saturated carbocycles. The number of thiophene rings is 1. The minimum atomic E-state index is -0.796. The van der Waals surface area contributed by atoms with Crippen molar-refractivity contribution in [2.24, 2.45) is 0 Å². The zero-order valence-electron chi connectivity index (χ0n) is 16.3. The first-order chi connectivity index (χ1) is 14.6. The average molecular weight is 504 g/mol. The lowest BCUT2D eigenvalue weighted by molar-refractivity contribution is -0.385. The molecule has 1 aromatic heterocycles. The molecule has 0 aliphatic carbocycles. The topological polar surface area (TPSA) is 154 Å². The van der Waals surface area contributed by atoms with Gasteiger partial charge in [-0.15, -0.1) is 11.3 Å². The van der Waals surface area contributed by atoms with E-state index in [2.05, 4.69) is 15.9 Å². The summed E-state index contributed by atoms with van der Waals surface area (Å²) in [5, 5.41) is 40.0. The number of carbonyl (C=O) groups is 2. The Morgan fingerprint density at radius 3 is 2.61 bits per heavy atom. The lowest BCUT2D eigenvalue weighted by atomic mass is 10.0. The minimum Gasteiger partial charge on any atom is -0.502 e. The van der Waals surface area contributed by atoms with Gasteiger partial charge in [-0.1, -0.05) is 15.9 Å². The van der Waals surface area contributed by atoms with Crippen LogP contribution in [0.4, 0.5) is 5.69 Å². The average Bonchev–Trinajstić information content (AvgIpc) is 3.03. The van der Waals surface area contributed by atoms with Crippen LogP contribution in [0.3, 0.4) is 0 Å². The Labute approximate surface area is 189 Å². The van der Waals surface area contributed by atoms with Crippen molar-refractivity contribution in [3.05, 3.63) is 58.7 Å². The number of phenolic OH excluding ortho intramolecular Hbond substituents is 1. The molecule has 158 valence electrons. The standard InChI is InChI=1S/C20H14BrN3O6S/c1-3-30-20(27)19-10(2)14(9-23)17(31-19)7-16(25)12(8-22)4-11-5-13(21)6-15(18(11)26)24(28)29/h4-6,26H,3,7H2,1-2H3/b12-4+. The van der Waals surface area contributed by atoms with Crippen molar-refractivity contribution in [1.82, 2.24) is 0 Å². The quantitative estimate of drug-likeness (QED) is 0.193. The second-order valence-corrected chi connectivity index (χ2v) is 8.10. The van der Waals surface area contributed by atoms with Gasteiger partial charge in [-0.3, -0.25) is 14.9 Å². The van der Waals surface area contributed by atoms with Gasteiger partial charge in [0.1, 0.15) is 17.0 Å². The number of rotatable bonds is 7. The number of allylic oxidation sites excluding steroid dienone is 1. The van der Waals surface area contributed by atoms with Gasteiger partial charge < -0.3 is 9.84 Å². The Bertz CT molecular complexity index is 1200. The van der Waals surface area contributed by atoms with E-state index in [1.54, 1.807) is 19.9 Å². The van der Waals surface area contributed by atoms with E-state index >= 15 is 0 Å². The van der Waals surface area contributed by atoms with Crippen LogP contribution in [-0.2, 0) is 16.0 Å². The molecule has 0 aliphatic rings. The number of halogens is 1. The number of nitro benzene ring substituents is 1. The van der Waals surface area contributed by atoms with Crippen LogP contribution >= 0.6 is 27.3 Å². The first-order valence-corrected chi connectivity index (χ1v) is 10.3. The fourth-order valence-electron chi connectivity index (χ4n) is 2.66. The Balaban J connectivity index is 2.45. The number of nitriles is 2. The maximum atomic E-state index is 12.7. The number of benzene rings is 1. The SMILES string of the molecule is CCOC(=O)c1sc(CC(=O)/C(C#N)=C/c2cc(Br)cc([N+](=O)[O-])c2O)c(C#N)c1C. The summed E-state index contributed by atoms with van der Waals surface area (Å²) in [6, 6.07) is 6.08. The zero-order chi connectivity index (χ0) is 23.3. The van der Waals surface area contributed by atoms with Crippen LogP contribution in [0.15, 0.2) is 22.2 Å². The lowest BCUT2D eigenvalue weighted by Crippen LogP contribution is -2.05. The smallest absolute Gasteiger partial charge is 0.348 e. The van der Waals surface area contributed by atoms with Crippen LogP contribution in [0.5, 0.6) is 5.75 Å². The molecule has 2 rings (SSSR count). The van der Waals surface area contributed by atoms with Gasteiger partial charge >= 0.3 is 11.7 Å². The molecule has 0 atom stereocenters. The lowest BCUT2D eigenvalue weighted by Gasteiger charge is -2.03. The van der Waals surface area contributed by atoms with E-state index in [0.29, 0.717) is 10.4 Å². The molecular weight excluding hydrogens is 490 g/mol. The van der Waals surface area contributed by atoms with Crippen LogP contribution in [0, 0.1) is 39.7 Å². The molecule has 0 spiro atoms. The fraction of sp³-hybridized carbons (Fsp3) is 0.200. The van der Waals surface area contributed by atoms with Gasteiger partial charge in [-0.2, -0.15) is 10.5 Å². The number of nitro groups is 1. The summed E-state index contributed by atoms with van der Waals surface area (Å²) < 4.78 is 5.23. The highest BCUT2D eigenvalue weighted by atomic mass is 79.9. The van der Waals surface area contributed by atoms with Crippen molar-refractivity contribution in [3.63, 3.8) is 0 Å². The van der Waals surface area contributed by atoms with Crippen LogP contribution in [0.25, 0.3) is 6.08 Å². The molecule has 9 nitrogen and oxygen atoms in total. The van der Waals surface area contributed by atoms with Gasteiger partial charge in [0, 0.05) is 27.4 Å². The minimum absolute atomic E-state index is 0.0962. The molecule has 1 aromatic carbocycles. The van der Waals surface area contributed by atoms with Crippen LogP contribution in [0.2, 0.25) is 0 Å². The molecule has 0 amide bonds. The highest BCUT2D eigenvalue weighted by Crippen LogP contribution is 2.35. The number of hydrogen-bond acceptors (Lipinski definition) is 9. The number of hydrogen-bond donors (Lipinski definition) is 1. The van der Waals surface area contributed by atoms with Gasteiger partial charge in [-0.05, 0) is 31.6 Å². The summed E-state index contributed by atoms with van der Waals surface area (Å²) in [5.41, 5.74) is -0.530. The highest BCUT2D eigenvalue weighted by molar-refractivity contribution is 9.10. The van der Waals surface area contributed by atoms with Gasteiger partial charge in [0.15, 0.2) is 5.78 Å². The first kappa shape index (κ1) is 23.7. The number of Topliss-reactive ketones (excluding diaryl/α,β-unsaturated/α-hetero) is 1. The van der Waals surface area contributed by atoms with E-state index in [1.807, 2.05) is 6.07 Å². The molecule has 0 bridgehead atoms. The summed E-state index contributed by atoms with van der Waals surface area (Å²) >= 11 is 4.02. The summed E-state index contributed by atoms with van der Waals surface area (Å²) in [7, 11) is 0. The largest absolute Gasteiger partial charge is 0.502 e. The third-order valence-electron chi connectivity index (χ3n) is 4.11. The van der Waals surface area contributed by atoms with Crippen molar-refractivity contribution in [2.45, 2.75) is 20.3 Å². The molecule has 0 radical (unpaired) electrons. The molecule has 0 fully saturated rings. The molecule has 0 saturated heterocycles. The molecule has 0 aliphatic heterocycles. The number of aromatic hydroxyl groups is 1. The fourth-order valence-corrected chi connectivity index (χ4v) is 4.27. The summed E-state index contributed by atoms with van der Waals surface area (Å²) in [4.78, 5) is 35.5. The molecule has 11 heteroatoms. The predicted molar refractivity (Wildman–Crippen MR) is 114 cm³/mol. The van der Waals surface area contributed by atoms with Crippen LogP contribution < -0.4 is 0 Å². The van der Waals surface area contributed by atoms with Gasteiger partial charge in [0.2, 0.25) is 5.75 Å². The van der Waals surface area contributed by atoms with Crippen LogP contribution in [-0.4, -0.2) is 28.4 Å². The van der Waals surface area contributed by atoms with Crippen LogP contribution in [0.1, 0.15) is 38.2 Å². The number of nitrogens with zero attached hydrogens (tertiary/aromatic N) is 3. The normalized spacial score (nSPS) is 10.8. The second kappa shape index (κ2) is 9.98. The number of ketones is 1. The van der Waals surface area contributed by atoms with E-state index < -0.39 is 28.1 Å². The Morgan fingerprint density at radius 2 is 2.06 bits per heavy atom. The summed E-state index contributed by atoms with van der Waals surface area (Å²) in [6.45, 7) is 3.35. The summed E-state index contributed by atoms with van der Waals surface area (Å²) in [6.07, 6.45) is 0.693. The molecule has 0 unspecified atom stereocenters. The van der Waals surface area contributed by atoms with E-state index in [4.69, 9.17) is 4.74 Å². The van der Waals surface area contributed by atoms with Gasteiger partial charge in [-0.25, -0.2) is 4.79 Å². The second-order valence-electron chi connectivity index (χ2n) is 6.08. The summed E-state index contributed by atoms with van der Waals surface area (Å²) in [5.74, 6) is -1.98. The van der Waals surface area contributed by atoms with Gasteiger partial charge in [0.05, 0.1) is 22.7 Å². The van der Waals surface area contributed by atoms with E-state index in [9.17, 15) is 35.3 Å². The Kier molecular flexibility index (Phi) is 7.64. The van der Waals surface area contributed by atoms with E-state index in [0.717, 1.165) is 23.5 Å². The number of esters is 1. The van der Waals surface area contributed by atoms with Crippen molar-refractivity contribution in [3.8, 4) is 17.9 Å². The zero-order valence-corrected chi connectivity index (χ0v) is 18.7. The first-order valence-electron chi connectivity index (χ1n) is 8.65. The molecule has 31 heavy (non-hydrogen) atoms. The van der Waals surface area contributed by atoms with Crippen molar-refractivity contribution in [1.29, 1.82) is 10.5 Å². The third-order valence-corrected chi connectivity index (χ3v) is 5.84. The monoisotopic (exact) mass is 503 g/mol. The number of ether oxygens (including phenoxy) is 1. The highest BCUT2D eigenvalue weighted by Gasteiger charge is 2.24. The molecule has 2 aromatic rings. The number of carbonyl (C=O) groups excluding carboxylic acids is 2. The maximum absolute atomic E-state index is 12.7. The van der Waals surface area contributed by atoms with Crippen molar-refractivity contribution < 1.29 is 24.4 Å². The van der Waals surface area contributed by atoms with Gasteiger partial charge in [0.25, 0.3) is 0 Å². The predicted octanol–water partition coefficient (Wildman–Crippen LogP) is 4.20. The van der Waals surface area contributed by atoms with Crippen molar-refractivity contribution in [2.75, 3.05) is 6.61 Å². The van der Waals surface area contributed by atoms with E-state index in [-0.39, 0.29) is 39.1 Å². The molecule has 1 heterocycles.